The number of nitrogens with one attached hydrogen (secondary N) is 1. The lowest BCUT2D eigenvalue weighted by molar-refractivity contribution is 0.570. The van der Waals surface area contributed by atoms with Gasteiger partial charge in [0.1, 0.15) is 0 Å². The summed E-state index contributed by atoms with van der Waals surface area (Å²) in [6, 6.07) is 4.26. The van der Waals surface area contributed by atoms with E-state index in [9.17, 15) is 8.42 Å². The van der Waals surface area contributed by atoms with Crippen LogP contribution in [0, 0.1) is 19.3 Å². The minimum atomic E-state index is -3.61. The van der Waals surface area contributed by atoms with Gasteiger partial charge >= 0.3 is 0 Å². The van der Waals surface area contributed by atoms with Crippen molar-refractivity contribution >= 4 is 15.7 Å². The van der Waals surface area contributed by atoms with Gasteiger partial charge in [0.2, 0.25) is 10.0 Å². The summed E-state index contributed by atoms with van der Waals surface area (Å²) in [5.41, 5.74) is 6.63. The topological polar surface area (TPSA) is 72.2 Å². The fraction of sp³-hybridized carbons (Fsp3) is 0.333. The van der Waals surface area contributed by atoms with Crippen LogP contribution in [0.2, 0.25) is 0 Å². The summed E-state index contributed by atoms with van der Waals surface area (Å²) in [5, 5.41) is 0. The molecule has 0 fully saturated rings. The molecule has 1 aromatic carbocycles. The fourth-order valence-electron chi connectivity index (χ4n) is 1.39. The number of nitrogens with two attached hydrogens (primary N) is 1. The second kappa shape index (κ2) is 5.21. The molecule has 4 nitrogen and oxygen atoms in total. The van der Waals surface area contributed by atoms with Gasteiger partial charge in [-0.05, 0) is 31.0 Å². The van der Waals surface area contributed by atoms with Crippen molar-refractivity contribution in [2.24, 2.45) is 0 Å². The molecule has 3 N–H and O–H groups in total. The molecule has 17 heavy (non-hydrogen) atoms. The molecule has 92 valence electrons. The zero-order chi connectivity index (χ0) is 13.1. The second-order valence-electron chi connectivity index (χ2n) is 3.77. The highest BCUT2D eigenvalue weighted by Crippen LogP contribution is 2.18. The van der Waals surface area contributed by atoms with E-state index in [0.717, 1.165) is 0 Å². The van der Waals surface area contributed by atoms with E-state index < -0.39 is 16.1 Å². The Labute approximate surface area is 102 Å². The molecular weight excluding hydrogens is 236 g/mol. The van der Waals surface area contributed by atoms with E-state index in [2.05, 4.69) is 10.6 Å². The van der Waals surface area contributed by atoms with Crippen LogP contribution in [0.1, 0.15) is 18.9 Å². The van der Waals surface area contributed by atoms with Crippen molar-refractivity contribution in [1.82, 2.24) is 4.72 Å². The molecule has 0 bridgehead atoms. The lowest BCUT2D eigenvalue weighted by atomic mass is 10.2. The number of hydrogen-bond acceptors (Lipinski definition) is 3. The SMILES string of the molecule is C#CC(CC)NS(=O)(=O)c1cc(N)ccc1C. The summed E-state index contributed by atoms with van der Waals surface area (Å²) in [4.78, 5) is 0.172. The molecule has 0 radical (unpaired) electrons. The van der Waals surface area contributed by atoms with Crippen LogP contribution in [0.15, 0.2) is 23.1 Å². The third-order valence-corrected chi connectivity index (χ3v) is 4.02. The smallest absolute Gasteiger partial charge is 0.241 e. The average Bonchev–Trinajstić information content (AvgIpc) is 2.29. The molecule has 0 spiro atoms. The Morgan fingerprint density at radius 1 is 1.53 bits per heavy atom. The number of benzene rings is 1. The largest absolute Gasteiger partial charge is 0.399 e. The van der Waals surface area contributed by atoms with Crippen LogP contribution in [-0.2, 0) is 10.0 Å². The Morgan fingerprint density at radius 3 is 2.71 bits per heavy atom. The molecule has 0 saturated heterocycles. The molecule has 0 aliphatic heterocycles. The maximum Gasteiger partial charge on any atom is 0.241 e. The van der Waals surface area contributed by atoms with E-state index in [4.69, 9.17) is 12.2 Å². The van der Waals surface area contributed by atoms with Crippen LogP contribution >= 0.6 is 0 Å². The van der Waals surface area contributed by atoms with Crippen molar-refractivity contribution < 1.29 is 8.42 Å². The van der Waals surface area contributed by atoms with E-state index in [-0.39, 0.29) is 4.90 Å². The van der Waals surface area contributed by atoms with Crippen LogP contribution in [0.5, 0.6) is 0 Å². The zero-order valence-corrected chi connectivity index (χ0v) is 10.7. The van der Waals surface area contributed by atoms with Gasteiger partial charge in [-0.2, -0.15) is 4.72 Å². The van der Waals surface area contributed by atoms with Crippen LogP contribution in [-0.4, -0.2) is 14.5 Å². The number of hydrogen-bond donors (Lipinski definition) is 2. The first kappa shape index (κ1) is 13.6. The van der Waals surface area contributed by atoms with Gasteiger partial charge in [-0.1, -0.05) is 18.9 Å². The first-order valence-corrected chi connectivity index (χ1v) is 6.73. The van der Waals surface area contributed by atoms with Crippen LogP contribution in [0.25, 0.3) is 0 Å². The van der Waals surface area contributed by atoms with Gasteiger partial charge < -0.3 is 5.73 Å². The quantitative estimate of drug-likeness (QED) is 0.626. The number of terminal acetylenes is 1. The normalized spacial score (nSPS) is 13.0. The highest BCUT2D eigenvalue weighted by atomic mass is 32.2. The van der Waals surface area contributed by atoms with Gasteiger partial charge in [0, 0.05) is 5.69 Å². The number of sulfonamides is 1. The van der Waals surface area contributed by atoms with Gasteiger partial charge in [-0.15, -0.1) is 6.42 Å². The Bertz CT molecular complexity index is 544. The summed E-state index contributed by atoms with van der Waals surface area (Å²) >= 11 is 0. The van der Waals surface area contributed by atoms with E-state index in [1.54, 1.807) is 19.1 Å². The van der Waals surface area contributed by atoms with Crippen LogP contribution in [0.4, 0.5) is 5.69 Å². The summed E-state index contributed by atoms with van der Waals surface area (Å²) < 4.78 is 26.6. The lowest BCUT2D eigenvalue weighted by Gasteiger charge is -2.13. The van der Waals surface area contributed by atoms with E-state index in [0.29, 0.717) is 17.7 Å². The van der Waals surface area contributed by atoms with Crippen molar-refractivity contribution in [3.63, 3.8) is 0 Å². The lowest BCUT2D eigenvalue weighted by Crippen LogP contribution is -2.33. The minimum absolute atomic E-state index is 0.172. The molecule has 0 saturated carbocycles. The molecule has 1 unspecified atom stereocenters. The number of aryl methyl sites for hydroxylation is 1. The highest BCUT2D eigenvalue weighted by Gasteiger charge is 2.19. The van der Waals surface area contributed by atoms with E-state index in [1.807, 2.05) is 6.92 Å². The molecule has 1 atom stereocenters. The molecule has 1 rings (SSSR count). The monoisotopic (exact) mass is 252 g/mol. The predicted molar refractivity (Wildman–Crippen MR) is 68.8 cm³/mol. The third-order valence-electron chi connectivity index (χ3n) is 2.41. The van der Waals surface area contributed by atoms with Crippen molar-refractivity contribution in [2.75, 3.05) is 5.73 Å². The molecule has 1 aromatic rings. The summed E-state index contributed by atoms with van der Waals surface area (Å²) in [5.74, 6) is 2.39. The Hall–Kier alpha value is -1.51. The van der Waals surface area contributed by atoms with E-state index >= 15 is 0 Å². The van der Waals surface area contributed by atoms with Gasteiger partial charge in [0.15, 0.2) is 0 Å². The first-order valence-electron chi connectivity index (χ1n) is 5.25. The zero-order valence-electron chi connectivity index (χ0n) is 9.90. The van der Waals surface area contributed by atoms with Crippen molar-refractivity contribution in [2.45, 2.75) is 31.2 Å². The van der Waals surface area contributed by atoms with Crippen molar-refractivity contribution in [3.8, 4) is 12.3 Å². The Morgan fingerprint density at radius 2 is 2.18 bits per heavy atom. The average molecular weight is 252 g/mol. The molecule has 0 aromatic heterocycles. The van der Waals surface area contributed by atoms with Gasteiger partial charge in [-0.25, -0.2) is 8.42 Å². The van der Waals surface area contributed by atoms with E-state index in [1.165, 1.54) is 6.07 Å². The Kier molecular flexibility index (Phi) is 4.16. The second-order valence-corrected chi connectivity index (χ2v) is 5.46. The maximum atomic E-state index is 12.1. The Balaban J connectivity index is 3.14. The van der Waals surface area contributed by atoms with Gasteiger partial charge in [-0.3, -0.25) is 0 Å². The number of nitrogen functional groups attached to an aromatic ring is 1. The fourth-order valence-corrected chi connectivity index (χ4v) is 2.91. The molecule has 0 heterocycles. The highest BCUT2D eigenvalue weighted by molar-refractivity contribution is 7.89. The van der Waals surface area contributed by atoms with Gasteiger partial charge in [0.05, 0.1) is 10.9 Å². The molecule has 0 amide bonds. The standard InChI is InChI=1S/C12H16N2O2S/c1-4-11(5-2)14-17(15,16)12-8-10(13)7-6-9(12)3/h1,6-8,11,14H,5,13H2,2-3H3. The molecule has 0 aliphatic carbocycles. The predicted octanol–water partition coefficient (Wildman–Crippen LogP) is 1.27. The molecular formula is C12H16N2O2S. The minimum Gasteiger partial charge on any atom is -0.399 e. The molecule has 0 aliphatic rings. The maximum absolute atomic E-state index is 12.1. The summed E-state index contributed by atoms with van der Waals surface area (Å²) in [6.45, 7) is 3.53. The van der Waals surface area contributed by atoms with Crippen molar-refractivity contribution in [1.29, 1.82) is 0 Å². The summed E-state index contributed by atoms with van der Waals surface area (Å²) in [6.07, 6.45) is 5.77. The first-order chi connectivity index (χ1) is 7.90. The van der Waals surface area contributed by atoms with Crippen molar-refractivity contribution in [3.05, 3.63) is 23.8 Å². The third kappa shape index (κ3) is 3.22. The number of anilines is 1. The van der Waals surface area contributed by atoms with Crippen LogP contribution in [0.3, 0.4) is 0 Å². The number of rotatable bonds is 4. The summed E-state index contributed by atoms with van der Waals surface area (Å²) in [7, 11) is -3.61. The molecule has 5 heteroatoms. The van der Waals surface area contributed by atoms with Crippen LogP contribution < -0.4 is 10.5 Å². The van der Waals surface area contributed by atoms with Gasteiger partial charge in [0.25, 0.3) is 0 Å².